The predicted octanol–water partition coefficient (Wildman–Crippen LogP) is 2.02. The van der Waals surface area contributed by atoms with Crippen molar-refractivity contribution in [2.45, 2.75) is 37.6 Å². The molecule has 0 heterocycles. The molecule has 6 heteroatoms. The van der Waals surface area contributed by atoms with Crippen LogP contribution in [0.15, 0.2) is 30.3 Å². The van der Waals surface area contributed by atoms with E-state index in [1.807, 2.05) is 18.2 Å². The highest BCUT2D eigenvalue weighted by Crippen LogP contribution is 2.24. The lowest BCUT2D eigenvalue weighted by molar-refractivity contribution is -0.149. The molecular formula is C14H17F2NO3. The number of nitrogens with two attached hydrogens (primary N) is 1. The summed E-state index contributed by atoms with van der Waals surface area (Å²) in [5.74, 6) is -6.46. The smallest absolute Gasteiger partial charge is 0.306 e. The number of aryl methyl sites for hydroxylation is 1. The number of hydrogen-bond acceptors (Lipinski definition) is 3. The molecule has 3 N–H and O–H groups in total. The molecular weight excluding hydrogens is 268 g/mol. The van der Waals surface area contributed by atoms with E-state index in [0.717, 1.165) is 5.56 Å². The molecule has 1 unspecified atom stereocenters. The Labute approximate surface area is 115 Å². The number of benzene rings is 1. The number of carbonyl (C=O) groups excluding carboxylic acids is 1. The van der Waals surface area contributed by atoms with Gasteiger partial charge in [-0.1, -0.05) is 30.3 Å². The average molecular weight is 285 g/mol. The van der Waals surface area contributed by atoms with E-state index in [1.54, 1.807) is 12.1 Å². The van der Waals surface area contributed by atoms with E-state index in [-0.39, 0.29) is 6.42 Å². The Morgan fingerprint density at radius 3 is 2.40 bits per heavy atom. The van der Waals surface area contributed by atoms with Crippen LogP contribution in [0.25, 0.3) is 0 Å². The van der Waals surface area contributed by atoms with Crippen LogP contribution >= 0.6 is 0 Å². The van der Waals surface area contributed by atoms with Crippen molar-refractivity contribution < 1.29 is 23.5 Å². The van der Waals surface area contributed by atoms with E-state index < -0.39 is 36.6 Å². The molecule has 0 aromatic heterocycles. The van der Waals surface area contributed by atoms with Gasteiger partial charge in [-0.2, -0.15) is 8.78 Å². The normalized spacial score (nSPS) is 12.9. The van der Waals surface area contributed by atoms with Gasteiger partial charge in [0.25, 0.3) is 0 Å². The lowest BCUT2D eigenvalue weighted by Gasteiger charge is -2.18. The SMILES string of the molecule is NC(CC(=O)O)C(=O)C(F)(F)CCCc1ccccc1. The molecule has 0 aliphatic rings. The molecule has 0 saturated heterocycles. The molecule has 20 heavy (non-hydrogen) atoms. The van der Waals surface area contributed by atoms with Crippen LogP contribution in [-0.2, 0) is 16.0 Å². The van der Waals surface area contributed by atoms with Gasteiger partial charge in [-0.15, -0.1) is 0 Å². The highest BCUT2D eigenvalue weighted by molar-refractivity contribution is 5.92. The fraction of sp³-hybridized carbons (Fsp3) is 0.429. The fourth-order valence-corrected chi connectivity index (χ4v) is 1.83. The zero-order chi connectivity index (χ0) is 15.2. The first-order valence-electron chi connectivity index (χ1n) is 6.26. The highest BCUT2D eigenvalue weighted by Gasteiger charge is 2.41. The fourth-order valence-electron chi connectivity index (χ4n) is 1.83. The van der Waals surface area contributed by atoms with E-state index in [9.17, 15) is 18.4 Å². The summed E-state index contributed by atoms with van der Waals surface area (Å²) in [6.45, 7) is 0. The Morgan fingerprint density at radius 2 is 1.85 bits per heavy atom. The van der Waals surface area contributed by atoms with Gasteiger partial charge in [0.1, 0.15) is 0 Å². The number of aliphatic carboxylic acids is 1. The van der Waals surface area contributed by atoms with Crippen molar-refractivity contribution in [2.24, 2.45) is 5.73 Å². The van der Waals surface area contributed by atoms with Crippen LogP contribution in [0.3, 0.4) is 0 Å². The standard InChI is InChI=1S/C14H17F2NO3/c15-14(16,13(20)11(17)9-12(18)19)8-4-7-10-5-2-1-3-6-10/h1-3,5-6,11H,4,7-9,17H2,(H,18,19). The number of halogens is 2. The van der Waals surface area contributed by atoms with E-state index in [0.29, 0.717) is 6.42 Å². The Bertz CT molecular complexity index is 463. The minimum absolute atomic E-state index is 0.128. The lowest BCUT2D eigenvalue weighted by Crippen LogP contribution is -2.44. The molecule has 0 spiro atoms. The molecule has 0 radical (unpaired) electrons. The molecule has 0 fully saturated rings. The topological polar surface area (TPSA) is 80.4 Å². The third kappa shape index (κ3) is 5.05. The Hall–Kier alpha value is -1.82. The Morgan fingerprint density at radius 1 is 1.25 bits per heavy atom. The molecule has 0 amide bonds. The molecule has 1 atom stereocenters. The van der Waals surface area contributed by atoms with E-state index in [4.69, 9.17) is 10.8 Å². The van der Waals surface area contributed by atoms with Crippen LogP contribution in [0.1, 0.15) is 24.8 Å². The summed E-state index contributed by atoms with van der Waals surface area (Å²) in [7, 11) is 0. The van der Waals surface area contributed by atoms with Crippen LogP contribution in [0.2, 0.25) is 0 Å². The quantitative estimate of drug-likeness (QED) is 0.765. The highest BCUT2D eigenvalue weighted by atomic mass is 19.3. The lowest BCUT2D eigenvalue weighted by atomic mass is 9.98. The summed E-state index contributed by atoms with van der Waals surface area (Å²) in [5, 5.41) is 8.45. The molecule has 0 saturated carbocycles. The summed E-state index contributed by atoms with van der Waals surface area (Å²) in [4.78, 5) is 21.8. The number of hydrogen-bond donors (Lipinski definition) is 2. The maximum atomic E-state index is 13.6. The van der Waals surface area contributed by atoms with Crippen LogP contribution in [-0.4, -0.2) is 28.8 Å². The molecule has 1 aromatic rings. The number of rotatable bonds is 8. The Balaban J connectivity index is 2.48. The van der Waals surface area contributed by atoms with Crippen molar-refractivity contribution in [3.05, 3.63) is 35.9 Å². The van der Waals surface area contributed by atoms with Crippen molar-refractivity contribution in [3.63, 3.8) is 0 Å². The summed E-state index contributed by atoms with van der Waals surface area (Å²) in [6.07, 6.45) is -0.860. The van der Waals surface area contributed by atoms with Crippen molar-refractivity contribution >= 4 is 11.8 Å². The monoisotopic (exact) mass is 285 g/mol. The minimum Gasteiger partial charge on any atom is -0.481 e. The van der Waals surface area contributed by atoms with Gasteiger partial charge in [-0.3, -0.25) is 9.59 Å². The van der Waals surface area contributed by atoms with Crippen molar-refractivity contribution in [3.8, 4) is 0 Å². The first-order chi connectivity index (χ1) is 9.33. The third-order valence-electron chi connectivity index (χ3n) is 2.89. The second-order valence-electron chi connectivity index (χ2n) is 4.61. The number of ketones is 1. The zero-order valence-electron chi connectivity index (χ0n) is 10.9. The molecule has 1 rings (SSSR count). The minimum atomic E-state index is -3.58. The molecule has 1 aromatic carbocycles. The third-order valence-corrected chi connectivity index (χ3v) is 2.89. The second kappa shape index (κ2) is 7.09. The van der Waals surface area contributed by atoms with Gasteiger partial charge in [0.15, 0.2) is 0 Å². The summed E-state index contributed by atoms with van der Waals surface area (Å²) >= 11 is 0. The molecule has 0 bridgehead atoms. The van der Waals surface area contributed by atoms with Gasteiger partial charge in [-0.25, -0.2) is 0 Å². The number of carbonyl (C=O) groups is 2. The zero-order valence-corrected chi connectivity index (χ0v) is 10.9. The average Bonchev–Trinajstić information content (AvgIpc) is 2.38. The molecule has 110 valence electrons. The number of Topliss-reactive ketones (excluding diaryl/α,β-unsaturated/α-hetero) is 1. The van der Waals surface area contributed by atoms with Gasteiger partial charge in [0.2, 0.25) is 5.78 Å². The maximum Gasteiger partial charge on any atom is 0.306 e. The van der Waals surface area contributed by atoms with Gasteiger partial charge in [0, 0.05) is 6.42 Å². The van der Waals surface area contributed by atoms with Crippen molar-refractivity contribution in [2.75, 3.05) is 0 Å². The number of carboxylic acids is 1. The van der Waals surface area contributed by atoms with Crippen LogP contribution in [0.4, 0.5) is 8.78 Å². The molecule has 0 aliphatic heterocycles. The summed E-state index contributed by atoms with van der Waals surface area (Å²) in [6, 6.07) is 7.40. The van der Waals surface area contributed by atoms with Crippen LogP contribution in [0, 0.1) is 0 Å². The van der Waals surface area contributed by atoms with E-state index in [1.165, 1.54) is 0 Å². The molecule has 0 aliphatic carbocycles. The van der Waals surface area contributed by atoms with Crippen LogP contribution in [0.5, 0.6) is 0 Å². The van der Waals surface area contributed by atoms with E-state index in [2.05, 4.69) is 0 Å². The first kappa shape index (κ1) is 16.2. The van der Waals surface area contributed by atoms with Crippen molar-refractivity contribution in [1.29, 1.82) is 0 Å². The Kier molecular flexibility index (Phi) is 5.76. The van der Waals surface area contributed by atoms with Crippen molar-refractivity contribution in [1.82, 2.24) is 0 Å². The van der Waals surface area contributed by atoms with Gasteiger partial charge in [0.05, 0.1) is 12.5 Å². The maximum absolute atomic E-state index is 13.6. The first-order valence-corrected chi connectivity index (χ1v) is 6.26. The van der Waals surface area contributed by atoms with E-state index >= 15 is 0 Å². The number of carboxylic acid groups (broad SMARTS) is 1. The predicted molar refractivity (Wildman–Crippen MR) is 69.6 cm³/mol. The summed E-state index contributed by atoms with van der Waals surface area (Å²) < 4.78 is 27.2. The number of alkyl halides is 2. The second-order valence-corrected chi connectivity index (χ2v) is 4.61. The van der Waals surface area contributed by atoms with Gasteiger partial charge in [-0.05, 0) is 18.4 Å². The summed E-state index contributed by atoms with van der Waals surface area (Å²) in [5.41, 5.74) is 6.08. The van der Waals surface area contributed by atoms with Gasteiger partial charge >= 0.3 is 11.9 Å². The largest absolute Gasteiger partial charge is 0.481 e. The van der Waals surface area contributed by atoms with Gasteiger partial charge < -0.3 is 10.8 Å². The molecule has 4 nitrogen and oxygen atoms in total. The van der Waals surface area contributed by atoms with Crippen LogP contribution < -0.4 is 5.73 Å².